The van der Waals surface area contributed by atoms with Gasteiger partial charge in [0.1, 0.15) is 18.5 Å². The summed E-state index contributed by atoms with van der Waals surface area (Å²) in [5.74, 6) is 0.0859. The van der Waals surface area contributed by atoms with Crippen molar-refractivity contribution in [1.29, 1.82) is 0 Å². The molecule has 3 aromatic heterocycles. The summed E-state index contributed by atoms with van der Waals surface area (Å²) >= 11 is 7.35. The molecule has 32 heavy (non-hydrogen) atoms. The van der Waals surface area contributed by atoms with E-state index in [2.05, 4.69) is 25.3 Å². The predicted molar refractivity (Wildman–Crippen MR) is 128 cm³/mol. The van der Waals surface area contributed by atoms with Crippen molar-refractivity contribution in [3.05, 3.63) is 81.8 Å². The van der Waals surface area contributed by atoms with Gasteiger partial charge in [0.05, 0.1) is 32.7 Å². The second-order valence-electron chi connectivity index (χ2n) is 7.32. The average Bonchev–Trinajstić information content (AvgIpc) is 3.23. The van der Waals surface area contributed by atoms with Crippen LogP contribution in [0.3, 0.4) is 0 Å². The lowest BCUT2D eigenvalue weighted by Gasteiger charge is -2.13. The number of nitrogens with zero attached hydrogens (tertiary/aromatic N) is 4. The predicted octanol–water partition coefficient (Wildman–Crippen LogP) is 5.02. The van der Waals surface area contributed by atoms with Gasteiger partial charge in [-0.05, 0) is 30.2 Å². The fourth-order valence-electron chi connectivity index (χ4n) is 3.59. The molecule has 2 aromatic carbocycles. The molecular formula is C23H17ClN6OS. The van der Waals surface area contributed by atoms with Crippen LogP contribution in [0.2, 0.25) is 5.02 Å². The molecule has 0 radical (unpaired) electrons. The lowest BCUT2D eigenvalue weighted by Crippen LogP contribution is -2.13. The quantitative estimate of drug-likeness (QED) is 0.390. The van der Waals surface area contributed by atoms with Gasteiger partial charge in [0.2, 0.25) is 0 Å². The molecular weight excluding hydrogens is 444 g/mol. The number of anilines is 2. The fraction of sp³-hybridized carbons (Fsp3) is 0.0870. The molecule has 0 aliphatic heterocycles. The van der Waals surface area contributed by atoms with Crippen molar-refractivity contribution in [3.63, 3.8) is 0 Å². The lowest BCUT2D eigenvalue weighted by molar-refractivity contribution is 0.102. The van der Waals surface area contributed by atoms with E-state index >= 15 is 0 Å². The average molecular weight is 461 g/mol. The highest BCUT2D eigenvalue weighted by Gasteiger charge is 2.18. The van der Waals surface area contributed by atoms with Crippen LogP contribution >= 0.6 is 22.9 Å². The number of benzene rings is 2. The minimum Gasteiger partial charge on any atom is -0.382 e. The summed E-state index contributed by atoms with van der Waals surface area (Å²) < 4.78 is 0.694. The SMILES string of the molecule is Cc1ccc2c(Cc3ccc(Cl)cc3)ncnc2c1NC(=O)c1csc2c(N)ncnc12. The summed E-state index contributed by atoms with van der Waals surface area (Å²) in [5, 5.41) is 6.34. The molecule has 0 aliphatic rings. The molecule has 0 saturated heterocycles. The van der Waals surface area contributed by atoms with Crippen LogP contribution in [0.4, 0.5) is 11.5 Å². The Morgan fingerprint density at radius 2 is 1.78 bits per heavy atom. The normalized spacial score (nSPS) is 11.2. The van der Waals surface area contributed by atoms with E-state index in [1.54, 1.807) is 5.38 Å². The molecule has 3 N–H and O–H groups in total. The van der Waals surface area contributed by atoms with E-state index in [0.29, 0.717) is 44.2 Å². The van der Waals surface area contributed by atoms with Gasteiger partial charge in [-0.15, -0.1) is 11.3 Å². The molecule has 0 fully saturated rings. The number of aryl methyl sites for hydroxylation is 1. The van der Waals surface area contributed by atoms with Crippen LogP contribution in [0.5, 0.6) is 0 Å². The Kier molecular flexibility index (Phi) is 5.16. The molecule has 0 bridgehead atoms. The number of amides is 1. The lowest BCUT2D eigenvalue weighted by atomic mass is 10.0. The number of halogens is 1. The number of fused-ring (bicyclic) bond motifs is 2. The molecule has 3 heterocycles. The topological polar surface area (TPSA) is 107 Å². The van der Waals surface area contributed by atoms with E-state index in [1.807, 2.05) is 43.3 Å². The number of aromatic nitrogens is 4. The summed E-state index contributed by atoms with van der Waals surface area (Å²) in [6.45, 7) is 1.93. The molecule has 7 nitrogen and oxygen atoms in total. The number of rotatable bonds is 4. The van der Waals surface area contributed by atoms with Crippen molar-refractivity contribution in [2.75, 3.05) is 11.1 Å². The summed E-state index contributed by atoms with van der Waals surface area (Å²) in [5.41, 5.74) is 11.1. The molecule has 9 heteroatoms. The van der Waals surface area contributed by atoms with Gasteiger partial charge < -0.3 is 11.1 Å². The third-order valence-corrected chi connectivity index (χ3v) is 6.49. The summed E-state index contributed by atoms with van der Waals surface area (Å²) in [7, 11) is 0. The van der Waals surface area contributed by atoms with Crippen molar-refractivity contribution < 1.29 is 4.79 Å². The highest BCUT2D eigenvalue weighted by Crippen LogP contribution is 2.31. The zero-order valence-corrected chi connectivity index (χ0v) is 18.5. The van der Waals surface area contributed by atoms with Crippen LogP contribution < -0.4 is 11.1 Å². The number of hydrogen-bond donors (Lipinski definition) is 2. The largest absolute Gasteiger partial charge is 0.382 e. The van der Waals surface area contributed by atoms with E-state index in [-0.39, 0.29) is 5.91 Å². The zero-order chi connectivity index (χ0) is 22.2. The first-order chi connectivity index (χ1) is 15.5. The van der Waals surface area contributed by atoms with Crippen molar-refractivity contribution in [2.45, 2.75) is 13.3 Å². The maximum atomic E-state index is 13.1. The van der Waals surface area contributed by atoms with Crippen LogP contribution in [0.1, 0.15) is 27.2 Å². The molecule has 0 aliphatic carbocycles. The van der Waals surface area contributed by atoms with E-state index in [9.17, 15) is 4.79 Å². The van der Waals surface area contributed by atoms with Crippen molar-refractivity contribution in [2.24, 2.45) is 0 Å². The number of nitrogens with one attached hydrogen (secondary N) is 1. The fourth-order valence-corrected chi connectivity index (χ4v) is 4.62. The summed E-state index contributed by atoms with van der Waals surface area (Å²) in [6.07, 6.45) is 3.51. The standard InChI is InChI=1S/C23H17ClN6OS/c1-12-2-7-15-17(8-13-3-5-14(24)6-4-13)26-10-27-19(15)18(12)30-23(31)16-9-32-21-20(16)28-11-29-22(21)25/h2-7,9-11H,8H2,1H3,(H,30,31)(H2,25,28,29). The first-order valence-electron chi connectivity index (χ1n) is 9.78. The van der Waals surface area contributed by atoms with Crippen molar-refractivity contribution in [1.82, 2.24) is 19.9 Å². The highest BCUT2D eigenvalue weighted by molar-refractivity contribution is 7.18. The van der Waals surface area contributed by atoms with Crippen LogP contribution in [-0.4, -0.2) is 25.8 Å². The Labute approximate surface area is 192 Å². The van der Waals surface area contributed by atoms with Crippen LogP contribution in [0.25, 0.3) is 21.1 Å². The van der Waals surface area contributed by atoms with E-state index in [4.69, 9.17) is 17.3 Å². The van der Waals surface area contributed by atoms with Crippen LogP contribution in [0.15, 0.2) is 54.4 Å². The van der Waals surface area contributed by atoms with Gasteiger partial charge in [0, 0.05) is 22.2 Å². The third-order valence-electron chi connectivity index (χ3n) is 5.25. The second kappa shape index (κ2) is 8.14. The number of thiophene rings is 1. The van der Waals surface area contributed by atoms with Gasteiger partial charge in [-0.25, -0.2) is 19.9 Å². The first kappa shape index (κ1) is 20.3. The van der Waals surface area contributed by atoms with E-state index < -0.39 is 0 Å². The molecule has 0 spiro atoms. The number of carbonyl (C=O) groups is 1. The number of nitrogens with two attached hydrogens (primary N) is 1. The summed E-state index contributed by atoms with van der Waals surface area (Å²) in [4.78, 5) is 30.3. The van der Waals surface area contributed by atoms with Crippen molar-refractivity contribution in [3.8, 4) is 0 Å². The highest BCUT2D eigenvalue weighted by atomic mass is 35.5. The maximum Gasteiger partial charge on any atom is 0.258 e. The zero-order valence-electron chi connectivity index (χ0n) is 17.0. The minimum atomic E-state index is -0.275. The Balaban J connectivity index is 1.53. The second-order valence-corrected chi connectivity index (χ2v) is 8.63. The Bertz CT molecular complexity index is 1480. The molecule has 0 unspecified atom stereocenters. The van der Waals surface area contributed by atoms with Crippen LogP contribution in [0, 0.1) is 6.92 Å². The summed E-state index contributed by atoms with van der Waals surface area (Å²) in [6, 6.07) is 11.6. The number of carbonyl (C=O) groups excluding carboxylic acids is 1. The Morgan fingerprint density at radius 1 is 1.03 bits per heavy atom. The Morgan fingerprint density at radius 3 is 2.59 bits per heavy atom. The molecule has 0 atom stereocenters. The van der Waals surface area contributed by atoms with Gasteiger partial charge in [-0.1, -0.05) is 35.9 Å². The molecule has 5 aromatic rings. The van der Waals surface area contributed by atoms with E-state index in [1.165, 1.54) is 24.0 Å². The number of hydrogen-bond acceptors (Lipinski definition) is 7. The maximum absolute atomic E-state index is 13.1. The van der Waals surface area contributed by atoms with Gasteiger partial charge in [0.25, 0.3) is 5.91 Å². The molecule has 1 amide bonds. The smallest absolute Gasteiger partial charge is 0.258 e. The minimum absolute atomic E-state index is 0.275. The van der Waals surface area contributed by atoms with Crippen LogP contribution in [-0.2, 0) is 6.42 Å². The number of nitrogen functional groups attached to an aromatic ring is 1. The van der Waals surface area contributed by atoms with Crippen molar-refractivity contribution >= 4 is 61.5 Å². The third kappa shape index (κ3) is 3.63. The van der Waals surface area contributed by atoms with Gasteiger partial charge in [-0.3, -0.25) is 4.79 Å². The monoisotopic (exact) mass is 460 g/mol. The van der Waals surface area contributed by atoms with Gasteiger partial charge >= 0.3 is 0 Å². The molecule has 5 rings (SSSR count). The van der Waals surface area contributed by atoms with E-state index in [0.717, 1.165) is 22.2 Å². The van der Waals surface area contributed by atoms with Gasteiger partial charge in [-0.2, -0.15) is 0 Å². The first-order valence-corrected chi connectivity index (χ1v) is 11.0. The Hall–Kier alpha value is -3.62. The molecule has 158 valence electrons. The van der Waals surface area contributed by atoms with Gasteiger partial charge in [0.15, 0.2) is 0 Å². The molecule has 0 saturated carbocycles.